The Balaban J connectivity index is 1.92. The third-order valence-corrected chi connectivity index (χ3v) is 3.93. The zero-order valence-electron chi connectivity index (χ0n) is 14.1. The van der Waals surface area contributed by atoms with Crippen molar-refractivity contribution in [3.05, 3.63) is 17.5 Å². The number of alkyl carbamates (subject to hydrolysis) is 1. The summed E-state index contributed by atoms with van der Waals surface area (Å²) in [5, 5.41) is 11.0. The van der Waals surface area contributed by atoms with Gasteiger partial charge in [0.25, 0.3) is 0 Å². The summed E-state index contributed by atoms with van der Waals surface area (Å²) in [5.41, 5.74) is 2.36. The number of carbonyl (C=O) groups excluding carboxylic acids is 1. The van der Waals surface area contributed by atoms with Crippen LogP contribution in [-0.2, 0) is 11.3 Å². The number of aromatic nitrogens is 2. The molecule has 1 saturated carbocycles. The number of carbonyl (C=O) groups is 1. The van der Waals surface area contributed by atoms with Crippen molar-refractivity contribution >= 4 is 6.09 Å². The molecule has 1 amide bonds. The van der Waals surface area contributed by atoms with Gasteiger partial charge >= 0.3 is 6.09 Å². The maximum atomic E-state index is 11.0. The Morgan fingerprint density at radius 3 is 2.77 bits per heavy atom. The largest absolute Gasteiger partial charge is 0.453 e. The topological polar surface area (TPSA) is 68.2 Å². The Kier molecular flexibility index (Phi) is 5.83. The summed E-state index contributed by atoms with van der Waals surface area (Å²) >= 11 is 0. The second-order valence-corrected chi connectivity index (χ2v) is 6.31. The Labute approximate surface area is 132 Å². The minimum Gasteiger partial charge on any atom is -0.453 e. The summed E-state index contributed by atoms with van der Waals surface area (Å²) in [6, 6.07) is 3.17. The van der Waals surface area contributed by atoms with E-state index in [4.69, 9.17) is 5.10 Å². The first-order valence-electron chi connectivity index (χ1n) is 8.16. The third kappa shape index (κ3) is 4.73. The normalized spacial score (nSPS) is 15.9. The number of nitrogens with zero attached hydrogens (tertiary/aromatic N) is 2. The van der Waals surface area contributed by atoms with Crippen molar-refractivity contribution in [2.45, 2.75) is 64.6 Å². The molecule has 2 rings (SSSR count). The number of rotatable bonds is 8. The molecular weight excluding hydrogens is 280 g/mol. The summed E-state index contributed by atoms with van der Waals surface area (Å²) in [6.07, 6.45) is 3.01. The van der Waals surface area contributed by atoms with Crippen molar-refractivity contribution in [1.29, 1.82) is 0 Å². The Hall–Kier alpha value is -1.56. The van der Waals surface area contributed by atoms with Crippen LogP contribution in [0.1, 0.15) is 63.4 Å². The van der Waals surface area contributed by atoms with Crippen molar-refractivity contribution in [2.24, 2.45) is 0 Å². The van der Waals surface area contributed by atoms with E-state index in [1.165, 1.54) is 25.6 Å². The lowest BCUT2D eigenvalue weighted by Crippen LogP contribution is -2.25. The van der Waals surface area contributed by atoms with Gasteiger partial charge in [0.1, 0.15) is 0 Å². The van der Waals surface area contributed by atoms with Gasteiger partial charge in [0.05, 0.1) is 12.8 Å². The molecule has 1 fully saturated rings. The fourth-order valence-corrected chi connectivity index (χ4v) is 2.49. The predicted molar refractivity (Wildman–Crippen MR) is 85.9 cm³/mol. The monoisotopic (exact) mass is 308 g/mol. The molecule has 0 spiro atoms. The van der Waals surface area contributed by atoms with E-state index in [-0.39, 0.29) is 6.09 Å². The van der Waals surface area contributed by atoms with Crippen LogP contribution in [0.15, 0.2) is 6.07 Å². The van der Waals surface area contributed by atoms with E-state index in [1.54, 1.807) is 0 Å². The standard InChI is InChI=1S/C16H28N4O2/c1-11(2)15-10-14(12(3)18-13-6-7-13)19-20(15)9-5-8-17-16(21)22-4/h10-13,18H,5-9H2,1-4H3,(H,17,21)/t12-/m1/s1. The number of ether oxygens (including phenoxy) is 1. The van der Waals surface area contributed by atoms with Crippen LogP contribution >= 0.6 is 0 Å². The summed E-state index contributed by atoms with van der Waals surface area (Å²) in [5.74, 6) is 0.433. The smallest absolute Gasteiger partial charge is 0.406 e. The van der Waals surface area contributed by atoms with Crippen LogP contribution in [0.4, 0.5) is 4.79 Å². The maximum absolute atomic E-state index is 11.0. The molecule has 6 nitrogen and oxygen atoms in total. The highest BCUT2D eigenvalue weighted by Gasteiger charge is 2.25. The van der Waals surface area contributed by atoms with Gasteiger partial charge in [-0.05, 0) is 38.2 Å². The van der Waals surface area contributed by atoms with Crippen molar-refractivity contribution < 1.29 is 9.53 Å². The summed E-state index contributed by atoms with van der Waals surface area (Å²) < 4.78 is 6.64. The van der Waals surface area contributed by atoms with E-state index in [0.717, 1.165) is 18.7 Å². The molecular formula is C16H28N4O2. The zero-order valence-corrected chi connectivity index (χ0v) is 14.1. The first-order chi connectivity index (χ1) is 10.5. The number of nitrogens with one attached hydrogen (secondary N) is 2. The molecule has 1 atom stereocenters. The Bertz CT molecular complexity index is 494. The summed E-state index contributed by atoms with van der Waals surface area (Å²) in [6.45, 7) is 7.93. The number of hydrogen-bond donors (Lipinski definition) is 2. The van der Waals surface area contributed by atoms with Gasteiger partial charge in [-0.2, -0.15) is 5.10 Å². The number of amides is 1. The molecule has 0 saturated heterocycles. The fraction of sp³-hybridized carbons (Fsp3) is 0.750. The highest BCUT2D eigenvalue weighted by atomic mass is 16.5. The quantitative estimate of drug-likeness (QED) is 0.724. The maximum Gasteiger partial charge on any atom is 0.406 e. The van der Waals surface area contributed by atoms with Crippen LogP contribution in [0.3, 0.4) is 0 Å². The van der Waals surface area contributed by atoms with Gasteiger partial charge < -0.3 is 15.4 Å². The molecule has 1 aromatic heterocycles. The highest BCUT2D eigenvalue weighted by molar-refractivity contribution is 5.66. The number of methoxy groups -OCH3 is 1. The third-order valence-electron chi connectivity index (χ3n) is 3.93. The van der Waals surface area contributed by atoms with Gasteiger partial charge in [0.2, 0.25) is 0 Å². The van der Waals surface area contributed by atoms with Crippen molar-refractivity contribution in [3.63, 3.8) is 0 Å². The minimum atomic E-state index is -0.382. The van der Waals surface area contributed by atoms with Crippen LogP contribution < -0.4 is 10.6 Å². The Morgan fingerprint density at radius 1 is 1.45 bits per heavy atom. The van der Waals surface area contributed by atoms with Crippen molar-refractivity contribution in [2.75, 3.05) is 13.7 Å². The molecule has 0 aliphatic heterocycles. The van der Waals surface area contributed by atoms with Gasteiger partial charge in [-0.15, -0.1) is 0 Å². The number of hydrogen-bond acceptors (Lipinski definition) is 4. The molecule has 0 radical (unpaired) electrons. The zero-order chi connectivity index (χ0) is 16.1. The van der Waals surface area contributed by atoms with Crippen molar-refractivity contribution in [3.8, 4) is 0 Å². The molecule has 2 N–H and O–H groups in total. The lowest BCUT2D eigenvalue weighted by molar-refractivity contribution is 0.170. The molecule has 22 heavy (non-hydrogen) atoms. The van der Waals surface area contributed by atoms with Crippen LogP contribution in [0, 0.1) is 0 Å². The van der Waals surface area contributed by atoms with E-state index in [9.17, 15) is 4.79 Å². The van der Waals surface area contributed by atoms with Crippen LogP contribution in [0.25, 0.3) is 0 Å². The second kappa shape index (κ2) is 7.63. The molecule has 0 aromatic carbocycles. The van der Waals surface area contributed by atoms with Crippen LogP contribution in [0.5, 0.6) is 0 Å². The van der Waals surface area contributed by atoms with Gasteiger partial charge in [-0.3, -0.25) is 4.68 Å². The molecule has 1 heterocycles. The van der Waals surface area contributed by atoms with Gasteiger partial charge in [-0.25, -0.2) is 4.79 Å². The van der Waals surface area contributed by atoms with E-state index >= 15 is 0 Å². The summed E-state index contributed by atoms with van der Waals surface area (Å²) in [7, 11) is 1.38. The van der Waals surface area contributed by atoms with E-state index in [1.807, 2.05) is 0 Å². The molecule has 1 aliphatic rings. The van der Waals surface area contributed by atoms with Crippen molar-refractivity contribution in [1.82, 2.24) is 20.4 Å². The molecule has 6 heteroatoms. The van der Waals surface area contributed by atoms with Gasteiger partial charge in [0.15, 0.2) is 0 Å². The SMILES string of the molecule is COC(=O)NCCCn1nc([C@@H](C)NC2CC2)cc1C(C)C. The lowest BCUT2D eigenvalue weighted by Gasteiger charge is -2.10. The van der Waals surface area contributed by atoms with Gasteiger partial charge in [-0.1, -0.05) is 13.8 Å². The minimum absolute atomic E-state index is 0.291. The van der Waals surface area contributed by atoms with E-state index in [0.29, 0.717) is 24.5 Å². The predicted octanol–water partition coefficient (Wildman–Crippen LogP) is 2.57. The fourth-order valence-electron chi connectivity index (χ4n) is 2.49. The molecule has 1 aromatic rings. The average Bonchev–Trinajstić information content (AvgIpc) is 3.18. The van der Waals surface area contributed by atoms with E-state index < -0.39 is 0 Å². The molecule has 1 aliphatic carbocycles. The molecule has 0 unspecified atom stereocenters. The first kappa shape index (κ1) is 16.8. The van der Waals surface area contributed by atoms with Crippen LogP contribution in [-0.4, -0.2) is 35.6 Å². The van der Waals surface area contributed by atoms with Crippen LogP contribution in [0.2, 0.25) is 0 Å². The summed E-state index contributed by atoms with van der Waals surface area (Å²) in [4.78, 5) is 11.0. The average molecular weight is 308 g/mol. The highest BCUT2D eigenvalue weighted by Crippen LogP contribution is 2.25. The van der Waals surface area contributed by atoms with Gasteiger partial charge in [0, 0.05) is 30.9 Å². The molecule has 0 bridgehead atoms. The molecule has 124 valence electrons. The first-order valence-corrected chi connectivity index (χ1v) is 8.16. The Morgan fingerprint density at radius 2 is 2.18 bits per heavy atom. The lowest BCUT2D eigenvalue weighted by atomic mass is 10.1. The second-order valence-electron chi connectivity index (χ2n) is 6.31. The van der Waals surface area contributed by atoms with E-state index in [2.05, 4.69) is 46.9 Å². The number of aryl methyl sites for hydroxylation is 1.